The van der Waals surface area contributed by atoms with Crippen molar-refractivity contribution in [3.05, 3.63) is 35.4 Å². The van der Waals surface area contributed by atoms with E-state index in [1.807, 2.05) is 52.0 Å². The first kappa shape index (κ1) is 18.0. The molecular formula is C17H25NO4. The molecule has 5 nitrogen and oxygen atoms in total. The van der Waals surface area contributed by atoms with Crippen LogP contribution < -0.4 is 0 Å². The lowest BCUT2D eigenvalue weighted by atomic mass is 10.1. The van der Waals surface area contributed by atoms with Gasteiger partial charge in [0.2, 0.25) is 0 Å². The van der Waals surface area contributed by atoms with Crippen LogP contribution in [0, 0.1) is 6.92 Å². The lowest BCUT2D eigenvalue weighted by molar-refractivity contribution is -0.137. The number of nitrogens with zero attached hydrogens (tertiary/aromatic N) is 1. The summed E-state index contributed by atoms with van der Waals surface area (Å²) in [6.07, 6.45) is 0.0200. The highest BCUT2D eigenvalue weighted by molar-refractivity contribution is 5.69. The van der Waals surface area contributed by atoms with Gasteiger partial charge in [0.1, 0.15) is 5.60 Å². The van der Waals surface area contributed by atoms with Gasteiger partial charge in [-0.25, -0.2) is 4.79 Å². The molecule has 0 aliphatic carbocycles. The molecule has 0 saturated heterocycles. The molecule has 1 aromatic carbocycles. The molecule has 0 bridgehead atoms. The number of carboxylic acid groups (broad SMARTS) is 1. The van der Waals surface area contributed by atoms with Crippen LogP contribution in [-0.4, -0.2) is 34.2 Å². The van der Waals surface area contributed by atoms with Gasteiger partial charge in [-0.05, 0) is 39.7 Å². The Morgan fingerprint density at radius 1 is 1.18 bits per heavy atom. The van der Waals surface area contributed by atoms with Gasteiger partial charge in [0.25, 0.3) is 0 Å². The second kappa shape index (κ2) is 7.82. The average Bonchev–Trinajstić information content (AvgIpc) is 2.37. The summed E-state index contributed by atoms with van der Waals surface area (Å²) in [6.45, 7) is 8.21. The van der Waals surface area contributed by atoms with Crippen LogP contribution in [0.25, 0.3) is 0 Å². The first-order valence-electron chi connectivity index (χ1n) is 7.42. The van der Waals surface area contributed by atoms with E-state index < -0.39 is 17.7 Å². The predicted octanol–water partition coefficient (Wildman–Crippen LogP) is 3.60. The maximum Gasteiger partial charge on any atom is 0.410 e. The highest BCUT2D eigenvalue weighted by atomic mass is 16.6. The van der Waals surface area contributed by atoms with Crippen molar-refractivity contribution in [3.8, 4) is 0 Å². The minimum Gasteiger partial charge on any atom is -0.481 e. The molecule has 1 aromatic rings. The quantitative estimate of drug-likeness (QED) is 0.872. The topological polar surface area (TPSA) is 66.8 Å². The molecule has 0 aliphatic rings. The van der Waals surface area contributed by atoms with Gasteiger partial charge < -0.3 is 14.7 Å². The molecule has 22 heavy (non-hydrogen) atoms. The first-order valence-corrected chi connectivity index (χ1v) is 7.42. The average molecular weight is 307 g/mol. The number of aryl methyl sites for hydroxylation is 1. The summed E-state index contributed by atoms with van der Waals surface area (Å²) >= 11 is 0. The maximum atomic E-state index is 12.3. The Balaban J connectivity index is 2.74. The minimum atomic E-state index is -0.862. The third-order valence-electron chi connectivity index (χ3n) is 2.96. The van der Waals surface area contributed by atoms with E-state index in [2.05, 4.69) is 0 Å². The van der Waals surface area contributed by atoms with Crippen molar-refractivity contribution in [2.45, 2.75) is 52.7 Å². The molecule has 0 aromatic heterocycles. The molecule has 0 radical (unpaired) electrons. The number of aliphatic carboxylic acids is 1. The van der Waals surface area contributed by atoms with Crippen molar-refractivity contribution in [1.82, 2.24) is 4.90 Å². The zero-order valence-corrected chi connectivity index (χ0v) is 13.8. The fourth-order valence-corrected chi connectivity index (χ4v) is 1.90. The van der Waals surface area contributed by atoms with Gasteiger partial charge in [-0.3, -0.25) is 4.79 Å². The van der Waals surface area contributed by atoms with Crippen molar-refractivity contribution in [1.29, 1.82) is 0 Å². The van der Waals surface area contributed by atoms with E-state index in [0.717, 1.165) is 11.1 Å². The highest BCUT2D eigenvalue weighted by Crippen LogP contribution is 2.14. The van der Waals surface area contributed by atoms with Crippen LogP contribution in [0.1, 0.15) is 44.7 Å². The second-order valence-corrected chi connectivity index (χ2v) is 6.38. The number of amides is 1. The highest BCUT2D eigenvalue weighted by Gasteiger charge is 2.22. The van der Waals surface area contributed by atoms with Crippen LogP contribution in [-0.2, 0) is 16.1 Å². The second-order valence-electron chi connectivity index (χ2n) is 6.38. The van der Waals surface area contributed by atoms with Gasteiger partial charge in [0.15, 0.2) is 0 Å². The van der Waals surface area contributed by atoms with Gasteiger partial charge in [0, 0.05) is 19.5 Å². The lowest BCUT2D eigenvalue weighted by Crippen LogP contribution is -2.37. The molecule has 122 valence electrons. The van der Waals surface area contributed by atoms with Crippen molar-refractivity contribution >= 4 is 12.1 Å². The third kappa shape index (κ3) is 7.11. The Bertz CT molecular complexity index is 502. The molecule has 0 atom stereocenters. The van der Waals surface area contributed by atoms with Gasteiger partial charge in [-0.1, -0.05) is 29.8 Å². The number of ether oxygens (including phenoxy) is 1. The van der Waals surface area contributed by atoms with E-state index in [1.165, 1.54) is 0 Å². The standard InChI is InChI=1S/C17H25NO4/c1-13-7-9-14(10-8-13)12-18(11-5-6-15(19)20)16(21)22-17(2,3)4/h7-10H,5-6,11-12H2,1-4H3,(H,19,20). The van der Waals surface area contributed by atoms with Gasteiger partial charge in [0.05, 0.1) is 0 Å². The van der Waals surface area contributed by atoms with Gasteiger partial charge >= 0.3 is 12.1 Å². The van der Waals surface area contributed by atoms with Crippen molar-refractivity contribution in [2.75, 3.05) is 6.54 Å². The summed E-state index contributed by atoms with van der Waals surface area (Å²) in [4.78, 5) is 24.5. The number of rotatable bonds is 6. The molecule has 1 amide bonds. The number of carbonyl (C=O) groups is 2. The summed E-state index contributed by atoms with van der Waals surface area (Å²) < 4.78 is 5.39. The Labute approximate surface area is 131 Å². The largest absolute Gasteiger partial charge is 0.481 e. The zero-order valence-electron chi connectivity index (χ0n) is 13.8. The van der Waals surface area contributed by atoms with Gasteiger partial charge in [-0.15, -0.1) is 0 Å². The summed E-state index contributed by atoms with van der Waals surface area (Å²) in [7, 11) is 0. The van der Waals surface area contributed by atoms with E-state index in [0.29, 0.717) is 19.5 Å². The van der Waals surface area contributed by atoms with E-state index in [-0.39, 0.29) is 6.42 Å². The molecule has 0 heterocycles. The molecule has 0 spiro atoms. The van der Waals surface area contributed by atoms with E-state index >= 15 is 0 Å². The fourth-order valence-electron chi connectivity index (χ4n) is 1.90. The molecule has 5 heteroatoms. The van der Waals surface area contributed by atoms with Crippen LogP contribution in [0.5, 0.6) is 0 Å². The number of benzene rings is 1. The van der Waals surface area contributed by atoms with Crippen LogP contribution in [0.4, 0.5) is 4.79 Å². The molecule has 1 N–H and O–H groups in total. The number of carbonyl (C=O) groups excluding carboxylic acids is 1. The Hall–Kier alpha value is -2.04. The number of hydrogen-bond donors (Lipinski definition) is 1. The third-order valence-corrected chi connectivity index (χ3v) is 2.96. The number of hydrogen-bond acceptors (Lipinski definition) is 3. The van der Waals surface area contributed by atoms with Crippen molar-refractivity contribution in [2.24, 2.45) is 0 Å². The lowest BCUT2D eigenvalue weighted by Gasteiger charge is -2.27. The van der Waals surface area contributed by atoms with E-state index in [1.54, 1.807) is 4.90 Å². The van der Waals surface area contributed by atoms with Crippen molar-refractivity contribution < 1.29 is 19.4 Å². The molecular weight excluding hydrogens is 282 g/mol. The summed E-state index contributed by atoms with van der Waals surface area (Å²) in [5.41, 5.74) is 1.57. The SMILES string of the molecule is Cc1ccc(CN(CCCC(=O)O)C(=O)OC(C)(C)C)cc1. The Morgan fingerprint density at radius 2 is 1.77 bits per heavy atom. The Kier molecular flexibility index (Phi) is 6.40. The molecule has 0 unspecified atom stereocenters. The minimum absolute atomic E-state index is 0.0349. The van der Waals surface area contributed by atoms with Crippen LogP contribution in [0.15, 0.2) is 24.3 Å². The maximum absolute atomic E-state index is 12.3. The van der Waals surface area contributed by atoms with E-state index in [4.69, 9.17) is 9.84 Å². The van der Waals surface area contributed by atoms with Gasteiger partial charge in [-0.2, -0.15) is 0 Å². The number of carboxylic acids is 1. The molecule has 0 fully saturated rings. The molecule has 0 saturated carbocycles. The first-order chi connectivity index (χ1) is 10.2. The molecule has 1 rings (SSSR count). The summed E-state index contributed by atoms with van der Waals surface area (Å²) in [6, 6.07) is 7.90. The van der Waals surface area contributed by atoms with Crippen LogP contribution in [0.2, 0.25) is 0 Å². The summed E-state index contributed by atoms with van der Waals surface area (Å²) in [5.74, 6) is -0.862. The van der Waals surface area contributed by atoms with Crippen LogP contribution >= 0.6 is 0 Å². The smallest absolute Gasteiger partial charge is 0.410 e. The zero-order chi connectivity index (χ0) is 16.8. The Morgan fingerprint density at radius 3 is 2.27 bits per heavy atom. The van der Waals surface area contributed by atoms with E-state index in [9.17, 15) is 9.59 Å². The molecule has 0 aliphatic heterocycles. The predicted molar refractivity (Wildman–Crippen MR) is 84.7 cm³/mol. The monoisotopic (exact) mass is 307 g/mol. The summed E-state index contributed by atoms with van der Waals surface area (Å²) in [5, 5.41) is 8.74. The van der Waals surface area contributed by atoms with Crippen molar-refractivity contribution in [3.63, 3.8) is 0 Å². The normalized spacial score (nSPS) is 11.1. The fraction of sp³-hybridized carbons (Fsp3) is 0.529. The van der Waals surface area contributed by atoms with Crippen LogP contribution in [0.3, 0.4) is 0 Å².